The number of methoxy groups -OCH3 is 1. The van der Waals surface area contributed by atoms with Crippen LogP contribution in [0.5, 0.6) is 17.2 Å². The average Bonchev–Trinajstić information content (AvgIpc) is 3.37. The van der Waals surface area contributed by atoms with Crippen LogP contribution in [0.15, 0.2) is 36.4 Å². The van der Waals surface area contributed by atoms with Crippen molar-refractivity contribution in [2.45, 2.75) is 43.9 Å². The van der Waals surface area contributed by atoms with E-state index < -0.39 is 0 Å². The molecule has 1 N–H and O–H groups in total. The highest BCUT2D eigenvalue weighted by Gasteiger charge is 2.45. The fourth-order valence-corrected chi connectivity index (χ4v) is 5.79. The van der Waals surface area contributed by atoms with Gasteiger partial charge in [-0.3, -0.25) is 0 Å². The SMILES string of the molecule is COc1cc(C2CCC3C(c4ccc5c(c4)CCO5)CCC23)ccc1O. The third kappa shape index (κ3) is 2.48. The molecule has 0 spiro atoms. The third-order valence-electron chi connectivity index (χ3n) is 6.98. The molecule has 1 aliphatic heterocycles. The molecule has 3 heteroatoms. The van der Waals surface area contributed by atoms with E-state index in [4.69, 9.17) is 9.47 Å². The van der Waals surface area contributed by atoms with Crippen molar-refractivity contribution in [3.05, 3.63) is 53.1 Å². The molecule has 26 heavy (non-hydrogen) atoms. The number of benzene rings is 2. The molecule has 0 bridgehead atoms. The second kappa shape index (κ2) is 6.22. The van der Waals surface area contributed by atoms with Crippen LogP contribution in [0.4, 0.5) is 0 Å². The maximum absolute atomic E-state index is 9.90. The lowest BCUT2D eigenvalue weighted by Crippen LogP contribution is -2.11. The third-order valence-corrected chi connectivity index (χ3v) is 6.98. The zero-order valence-electron chi connectivity index (χ0n) is 15.3. The summed E-state index contributed by atoms with van der Waals surface area (Å²) in [7, 11) is 1.62. The van der Waals surface area contributed by atoms with E-state index in [2.05, 4.69) is 24.3 Å². The Kier molecular flexibility index (Phi) is 3.84. The molecule has 2 aliphatic carbocycles. The molecule has 5 rings (SSSR count). The summed E-state index contributed by atoms with van der Waals surface area (Å²) in [6, 6.07) is 12.8. The zero-order valence-corrected chi connectivity index (χ0v) is 15.3. The molecule has 3 aliphatic rings. The smallest absolute Gasteiger partial charge is 0.160 e. The Morgan fingerprint density at radius 1 is 0.923 bits per heavy atom. The van der Waals surface area contributed by atoms with E-state index >= 15 is 0 Å². The Labute approximate surface area is 155 Å². The van der Waals surface area contributed by atoms with Gasteiger partial charge in [0.1, 0.15) is 5.75 Å². The molecule has 2 aromatic rings. The normalized spacial score (nSPS) is 29.3. The van der Waals surface area contributed by atoms with Gasteiger partial charge in [-0.1, -0.05) is 18.2 Å². The Hall–Kier alpha value is -2.16. The lowest BCUT2D eigenvalue weighted by molar-refractivity contribution is 0.356. The van der Waals surface area contributed by atoms with Crippen LogP contribution < -0.4 is 9.47 Å². The standard InChI is InChI=1S/C23H26O3/c1-25-23-13-15(2-8-21(23)24)18-5-7-19-17(4-6-20(18)19)14-3-9-22-16(12-14)10-11-26-22/h2-3,8-9,12-13,17-20,24H,4-7,10-11H2,1H3. The van der Waals surface area contributed by atoms with E-state index in [1.807, 2.05) is 6.07 Å². The quantitative estimate of drug-likeness (QED) is 0.844. The van der Waals surface area contributed by atoms with Crippen molar-refractivity contribution in [2.24, 2.45) is 11.8 Å². The molecule has 2 aromatic carbocycles. The molecule has 2 saturated carbocycles. The number of rotatable bonds is 3. The minimum atomic E-state index is 0.232. The van der Waals surface area contributed by atoms with Crippen LogP contribution >= 0.6 is 0 Å². The summed E-state index contributed by atoms with van der Waals surface area (Å²) in [5.41, 5.74) is 4.24. The van der Waals surface area contributed by atoms with Crippen LogP contribution in [0.1, 0.15) is 54.2 Å². The number of hydrogen-bond donors (Lipinski definition) is 1. The summed E-state index contributed by atoms with van der Waals surface area (Å²) in [4.78, 5) is 0. The topological polar surface area (TPSA) is 38.7 Å². The number of phenols is 1. The predicted molar refractivity (Wildman–Crippen MR) is 101 cm³/mol. The molecule has 1 heterocycles. The minimum Gasteiger partial charge on any atom is -0.504 e. The van der Waals surface area contributed by atoms with Crippen molar-refractivity contribution >= 4 is 0 Å². The largest absolute Gasteiger partial charge is 0.504 e. The van der Waals surface area contributed by atoms with Crippen molar-refractivity contribution in [3.63, 3.8) is 0 Å². The molecule has 0 saturated heterocycles. The van der Waals surface area contributed by atoms with Crippen molar-refractivity contribution in [1.82, 2.24) is 0 Å². The Morgan fingerprint density at radius 3 is 2.35 bits per heavy atom. The number of ether oxygens (including phenoxy) is 2. The highest BCUT2D eigenvalue weighted by Crippen LogP contribution is 2.58. The van der Waals surface area contributed by atoms with E-state index in [1.165, 1.54) is 42.4 Å². The molecule has 0 radical (unpaired) electrons. The second-order valence-electron chi connectivity index (χ2n) is 8.09. The van der Waals surface area contributed by atoms with E-state index in [-0.39, 0.29) is 5.75 Å². The fourth-order valence-electron chi connectivity index (χ4n) is 5.79. The number of phenolic OH excluding ortho intramolecular Hbond substituents is 1. The van der Waals surface area contributed by atoms with Gasteiger partial charge < -0.3 is 14.6 Å². The summed E-state index contributed by atoms with van der Waals surface area (Å²) < 4.78 is 11.0. The Morgan fingerprint density at radius 2 is 1.62 bits per heavy atom. The lowest BCUT2D eigenvalue weighted by Gasteiger charge is -2.22. The molecule has 3 nitrogen and oxygen atoms in total. The first-order valence-electron chi connectivity index (χ1n) is 9.87. The van der Waals surface area contributed by atoms with Crippen LogP contribution in [-0.2, 0) is 6.42 Å². The van der Waals surface area contributed by atoms with E-state index in [9.17, 15) is 5.11 Å². The Balaban J connectivity index is 1.40. The van der Waals surface area contributed by atoms with Crippen molar-refractivity contribution in [2.75, 3.05) is 13.7 Å². The van der Waals surface area contributed by atoms with E-state index in [0.717, 1.165) is 30.6 Å². The lowest BCUT2D eigenvalue weighted by atomic mass is 9.83. The van der Waals surface area contributed by atoms with Crippen LogP contribution in [0, 0.1) is 11.8 Å². The molecule has 2 fully saturated rings. The highest BCUT2D eigenvalue weighted by atomic mass is 16.5. The van der Waals surface area contributed by atoms with Crippen LogP contribution in [0.3, 0.4) is 0 Å². The number of fused-ring (bicyclic) bond motifs is 2. The minimum absolute atomic E-state index is 0.232. The first-order valence-corrected chi connectivity index (χ1v) is 9.87. The molecule has 4 unspecified atom stereocenters. The first kappa shape index (κ1) is 16.0. The van der Waals surface area contributed by atoms with Gasteiger partial charge in [0.25, 0.3) is 0 Å². The average molecular weight is 350 g/mol. The molecule has 136 valence electrons. The van der Waals surface area contributed by atoms with Crippen LogP contribution in [-0.4, -0.2) is 18.8 Å². The van der Waals surface area contributed by atoms with Gasteiger partial charge in [0.2, 0.25) is 0 Å². The fraction of sp³-hybridized carbons (Fsp3) is 0.478. The highest BCUT2D eigenvalue weighted by molar-refractivity contribution is 5.44. The maximum atomic E-state index is 9.90. The molecule has 0 amide bonds. The monoisotopic (exact) mass is 350 g/mol. The van der Waals surface area contributed by atoms with Gasteiger partial charge >= 0.3 is 0 Å². The van der Waals surface area contributed by atoms with Gasteiger partial charge in [-0.15, -0.1) is 0 Å². The summed E-state index contributed by atoms with van der Waals surface area (Å²) in [5.74, 6) is 4.73. The first-order chi connectivity index (χ1) is 12.7. The maximum Gasteiger partial charge on any atom is 0.160 e. The molecular weight excluding hydrogens is 324 g/mol. The van der Waals surface area contributed by atoms with Gasteiger partial charge in [0, 0.05) is 6.42 Å². The van der Waals surface area contributed by atoms with E-state index in [0.29, 0.717) is 17.6 Å². The number of aromatic hydroxyl groups is 1. The summed E-state index contributed by atoms with van der Waals surface area (Å²) in [5, 5.41) is 9.90. The Bertz CT molecular complexity index is 803. The summed E-state index contributed by atoms with van der Waals surface area (Å²) >= 11 is 0. The van der Waals surface area contributed by atoms with Crippen molar-refractivity contribution in [3.8, 4) is 17.2 Å². The molecule has 4 atom stereocenters. The van der Waals surface area contributed by atoms with Crippen LogP contribution in [0.2, 0.25) is 0 Å². The second-order valence-corrected chi connectivity index (χ2v) is 8.09. The number of hydrogen-bond acceptors (Lipinski definition) is 3. The molecule has 0 aromatic heterocycles. The van der Waals surface area contributed by atoms with Crippen molar-refractivity contribution in [1.29, 1.82) is 0 Å². The van der Waals surface area contributed by atoms with Gasteiger partial charge in [-0.05, 0) is 84.2 Å². The van der Waals surface area contributed by atoms with Crippen LogP contribution in [0.25, 0.3) is 0 Å². The molecular formula is C23H26O3. The summed E-state index contributed by atoms with van der Waals surface area (Å²) in [6.07, 6.45) is 6.20. The van der Waals surface area contributed by atoms with Gasteiger partial charge in [0.15, 0.2) is 11.5 Å². The predicted octanol–water partition coefficient (Wildman–Crippen LogP) is 5.02. The van der Waals surface area contributed by atoms with E-state index in [1.54, 1.807) is 13.2 Å². The van der Waals surface area contributed by atoms with Gasteiger partial charge in [-0.2, -0.15) is 0 Å². The zero-order chi connectivity index (χ0) is 17.7. The van der Waals surface area contributed by atoms with Crippen molar-refractivity contribution < 1.29 is 14.6 Å². The van der Waals surface area contributed by atoms with Gasteiger partial charge in [-0.25, -0.2) is 0 Å². The van der Waals surface area contributed by atoms with Gasteiger partial charge in [0.05, 0.1) is 13.7 Å². The summed E-state index contributed by atoms with van der Waals surface area (Å²) in [6.45, 7) is 0.834.